The van der Waals surface area contributed by atoms with Crippen LogP contribution in [0, 0.1) is 0 Å². The van der Waals surface area contributed by atoms with Crippen LogP contribution in [0.4, 0.5) is 14.5 Å². The Hall–Kier alpha value is -2.48. The molecule has 25 heavy (non-hydrogen) atoms. The molecule has 1 amide bonds. The summed E-state index contributed by atoms with van der Waals surface area (Å²) < 4.78 is 48.9. The highest BCUT2D eigenvalue weighted by molar-refractivity contribution is 7.91. The van der Waals surface area contributed by atoms with Gasteiger partial charge in [-0.3, -0.25) is 4.79 Å². The third kappa shape index (κ3) is 4.54. The normalized spacial score (nSPS) is 11.4. The van der Waals surface area contributed by atoms with Crippen molar-refractivity contribution in [3.63, 3.8) is 0 Å². The molecule has 0 aromatic heterocycles. The van der Waals surface area contributed by atoms with Crippen molar-refractivity contribution >= 4 is 21.4 Å². The van der Waals surface area contributed by atoms with Crippen molar-refractivity contribution in [2.45, 2.75) is 17.1 Å². The fourth-order valence-electron chi connectivity index (χ4n) is 2.31. The molecule has 2 aromatic rings. The fraction of sp³-hybridized carbons (Fsp3) is 0.235. The Morgan fingerprint density at radius 2 is 1.84 bits per heavy atom. The predicted octanol–water partition coefficient (Wildman–Crippen LogP) is 2.70. The van der Waals surface area contributed by atoms with Crippen molar-refractivity contribution in [1.29, 1.82) is 0 Å². The second-order valence-electron chi connectivity index (χ2n) is 5.26. The van der Waals surface area contributed by atoms with Crippen LogP contribution in [0.25, 0.3) is 0 Å². The van der Waals surface area contributed by atoms with Gasteiger partial charge >= 0.3 is 5.76 Å². The van der Waals surface area contributed by atoms with Crippen molar-refractivity contribution in [1.82, 2.24) is 5.32 Å². The summed E-state index contributed by atoms with van der Waals surface area (Å²) in [5, 5.41) is 5.41. The van der Waals surface area contributed by atoms with Gasteiger partial charge in [0.1, 0.15) is 0 Å². The summed E-state index contributed by atoms with van der Waals surface area (Å²) in [6.45, 7) is 0.326. The summed E-state index contributed by atoms with van der Waals surface area (Å²) in [6.07, 6.45) is 0.494. The van der Waals surface area contributed by atoms with Gasteiger partial charge in [0, 0.05) is 19.2 Å². The molecule has 2 rings (SSSR count). The van der Waals surface area contributed by atoms with E-state index in [0.29, 0.717) is 18.5 Å². The Morgan fingerprint density at radius 3 is 2.52 bits per heavy atom. The second-order valence-corrected chi connectivity index (χ2v) is 7.14. The number of hydrogen-bond donors (Lipinski definition) is 2. The van der Waals surface area contributed by atoms with Gasteiger partial charge in [-0.05, 0) is 36.2 Å². The fourth-order valence-corrected chi connectivity index (χ4v) is 3.22. The summed E-state index contributed by atoms with van der Waals surface area (Å²) in [4.78, 5) is 11.2. The van der Waals surface area contributed by atoms with E-state index in [9.17, 15) is 22.0 Å². The molecule has 134 valence electrons. The SMILES string of the molecule is CNC(=O)c1cccc(CCNc2ccccc2S(=O)(=O)C(F)F)c1. The second kappa shape index (κ2) is 8.06. The lowest BCUT2D eigenvalue weighted by Crippen LogP contribution is -2.18. The number of carbonyl (C=O) groups excluding carboxylic acids is 1. The Kier molecular flexibility index (Phi) is 6.08. The molecule has 0 aliphatic heterocycles. The third-order valence-electron chi connectivity index (χ3n) is 3.57. The summed E-state index contributed by atoms with van der Waals surface area (Å²) in [6, 6.07) is 12.5. The minimum absolute atomic E-state index is 0.130. The molecule has 2 aromatic carbocycles. The van der Waals surface area contributed by atoms with E-state index in [4.69, 9.17) is 0 Å². The highest BCUT2D eigenvalue weighted by atomic mass is 32.2. The minimum atomic E-state index is -4.67. The van der Waals surface area contributed by atoms with Gasteiger partial charge in [-0.1, -0.05) is 24.3 Å². The van der Waals surface area contributed by atoms with E-state index in [2.05, 4.69) is 10.6 Å². The number of rotatable bonds is 7. The van der Waals surface area contributed by atoms with E-state index in [0.717, 1.165) is 11.6 Å². The van der Waals surface area contributed by atoms with Gasteiger partial charge in [-0.25, -0.2) is 8.42 Å². The molecule has 5 nitrogen and oxygen atoms in total. The first-order valence-corrected chi connectivity index (χ1v) is 9.07. The highest BCUT2D eigenvalue weighted by Gasteiger charge is 2.28. The lowest BCUT2D eigenvalue weighted by Gasteiger charge is -2.12. The largest absolute Gasteiger partial charge is 0.384 e. The van der Waals surface area contributed by atoms with Gasteiger partial charge in [0.2, 0.25) is 9.84 Å². The molecular weight excluding hydrogens is 350 g/mol. The first kappa shape index (κ1) is 18.9. The molecule has 0 bridgehead atoms. The quantitative estimate of drug-likeness (QED) is 0.788. The molecule has 0 radical (unpaired) electrons. The Labute approximate surface area is 145 Å². The average Bonchev–Trinajstić information content (AvgIpc) is 2.61. The number of benzene rings is 2. The third-order valence-corrected chi connectivity index (χ3v) is 5.01. The Balaban J connectivity index is 2.10. The van der Waals surface area contributed by atoms with Crippen molar-refractivity contribution in [2.24, 2.45) is 0 Å². The minimum Gasteiger partial charge on any atom is -0.384 e. The topological polar surface area (TPSA) is 75.3 Å². The number of alkyl halides is 2. The number of para-hydroxylation sites is 1. The maximum absolute atomic E-state index is 12.8. The standard InChI is InChI=1S/C17H18F2N2O3S/c1-20-16(22)13-6-4-5-12(11-13)9-10-21-14-7-2-3-8-15(14)25(23,24)17(18)19/h2-8,11,17,21H,9-10H2,1H3,(H,20,22). The van der Waals surface area contributed by atoms with E-state index in [1.165, 1.54) is 19.2 Å². The first-order chi connectivity index (χ1) is 11.9. The van der Waals surface area contributed by atoms with Gasteiger partial charge < -0.3 is 10.6 Å². The molecule has 0 aliphatic carbocycles. The van der Waals surface area contributed by atoms with Gasteiger partial charge in [0.05, 0.1) is 10.6 Å². The van der Waals surface area contributed by atoms with E-state index >= 15 is 0 Å². The first-order valence-electron chi connectivity index (χ1n) is 7.52. The van der Waals surface area contributed by atoms with Gasteiger partial charge in [-0.2, -0.15) is 8.78 Å². The van der Waals surface area contributed by atoms with E-state index in [1.807, 2.05) is 6.07 Å². The Bertz CT molecular complexity index is 854. The van der Waals surface area contributed by atoms with Crippen LogP contribution in [0.3, 0.4) is 0 Å². The van der Waals surface area contributed by atoms with Crippen molar-refractivity contribution in [3.05, 3.63) is 59.7 Å². The van der Waals surface area contributed by atoms with E-state index < -0.39 is 20.5 Å². The van der Waals surface area contributed by atoms with Crippen LogP contribution in [0.15, 0.2) is 53.4 Å². The van der Waals surface area contributed by atoms with Gasteiger partial charge in [0.15, 0.2) is 0 Å². The molecule has 2 N–H and O–H groups in total. The smallest absolute Gasteiger partial charge is 0.341 e. The number of nitrogens with one attached hydrogen (secondary N) is 2. The molecule has 0 heterocycles. The van der Waals surface area contributed by atoms with Crippen molar-refractivity contribution < 1.29 is 22.0 Å². The molecule has 8 heteroatoms. The van der Waals surface area contributed by atoms with E-state index in [-0.39, 0.29) is 11.6 Å². The van der Waals surface area contributed by atoms with Gasteiger partial charge in [0.25, 0.3) is 5.91 Å². The molecule has 0 aliphatic rings. The van der Waals surface area contributed by atoms with Crippen LogP contribution in [0.5, 0.6) is 0 Å². The zero-order valence-corrected chi connectivity index (χ0v) is 14.3. The zero-order valence-electron chi connectivity index (χ0n) is 13.5. The molecule has 0 saturated heterocycles. The predicted molar refractivity (Wildman–Crippen MR) is 91.7 cm³/mol. The van der Waals surface area contributed by atoms with Crippen LogP contribution in [0.1, 0.15) is 15.9 Å². The van der Waals surface area contributed by atoms with Crippen LogP contribution in [-0.4, -0.2) is 33.7 Å². The van der Waals surface area contributed by atoms with Crippen molar-refractivity contribution in [3.8, 4) is 0 Å². The summed E-state index contributed by atoms with van der Waals surface area (Å²) in [7, 11) is -3.13. The van der Waals surface area contributed by atoms with Crippen LogP contribution >= 0.6 is 0 Å². The Morgan fingerprint density at radius 1 is 1.12 bits per heavy atom. The maximum atomic E-state index is 12.8. The van der Waals surface area contributed by atoms with Crippen LogP contribution in [-0.2, 0) is 16.3 Å². The number of carbonyl (C=O) groups is 1. The van der Waals surface area contributed by atoms with Gasteiger partial charge in [-0.15, -0.1) is 0 Å². The summed E-state index contributed by atoms with van der Waals surface area (Å²) in [5.41, 5.74) is 1.51. The highest BCUT2D eigenvalue weighted by Crippen LogP contribution is 2.26. The molecule has 0 fully saturated rings. The maximum Gasteiger partial charge on any atom is 0.341 e. The average molecular weight is 368 g/mol. The number of hydrogen-bond acceptors (Lipinski definition) is 4. The molecule has 0 saturated carbocycles. The lowest BCUT2D eigenvalue weighted by molar-refractivity contribution is 0.0963. The molecule has 0 spiro atoms. The summed E-state index contributed by atoms with van der Waals surface area (Å²) >= 11 is 0. The number of amides is 1. The number of anilines is 1. The molecule has 0 atom stereocenters. The molecular formula is C17H18F2N2O3S. The lowest BCUT2D eigenvalue weighted by atomic mass is 10.1. The molecule has 0 unspecified atom stereocenters. The van der Waals surface area contributed by atoms with E-state index in [1.54, 1.807) is 24.3 Å². The number of sulfone groups is 1. The number of halogens is 2. The summed E-state index contributed by atoms with van der Waals surface area (Å²) in [5.74, 6) is -3.68. The van der Waals surface area contributed by atoms with Crippen LogP contribution < -0.4 is 10.6 Å². The van der Waals surface area contributed by atoms with Crippen molar-refractivity contribution in [2.75, 3.05) is 18.9 Å². The van der Waals surface area contributed by atoms with Crippen LogP contribution in [0.2, 0.25) is 0 Å². The zero-order chi connectivity index (χ0) is 18.4. The monoisotopic (exact) mass is 368 g/mol.